The van der Waals surface area contributed by atoms with E-state index in [2.05, 4.69) is 24.5 Å². The standard InChI is InChI=1S/C13H26N2O/c1-3-9-14-10-13(16)15-11(2)12-7-5-4-6-8-12/h11-12,14H,3-10H2,1-2H3,(H,15,16)/t11-/m1/s1. The molecule has 0 unspecified atom stereocenters. The number of rotatable bonds is 6. The van der Waals surface area contributed by atoms with E-state index in [1.807, 2.05) is 0 Å². The van der Waals surface area contributed by atoms with Crippen molar-refractivity contribution >= 4 is 5.91 Å². The molecule has 0 aromatic carbocycles. The molecule has 1 aliphatic rings. The lowest BCUT2D eigenvalue weighted by atomic mass is 9.84. The van der Waals surface area contributed by atoms with Gasteiger partial charge in [0.05, 0.1) is 6.54 Å². The van der Waals surface area contributed by atoms with Crippen LogP contribution in [0.1, 0.15) is 52.4 Å². The summed E-state index contributed by atoms with van der Waals surface area (Å²) in [5.74, 6) is 0.843. The number of hydrogen-bond donors (Lipinski definition) is 2. The van der Waals surface area contributed by atoms with E-state index in [1.54, 1.807) is 0 Å². The molecule has 94 valence electrons. The van der Waals surface area contributed by atoms with E-state index in [4.69, 9.17) is 0 Å². The second kappa shape index (κ2) is 7.66. The number of amides is 1. The van der Waals surface area contributed by atoms with Gasteiger partial charge in [-0.1, -0.05) is 26.2 Å². The fraction of sp³-hybridized carbons (Fsp3) is 0.923. The van der Waals surface area contributed by atoms with Crippen LogP contribution in [0.15, 0.2) is 0 Å². The first-order chi connectivity index (χ1) is 7.74. The van der Waals surface area contributed by atoms with Crippen LogP contribution < -0.4 is 10.6 Å². The Balaban J connectivity index is 2.16. The summed E-state index contributed by atoms with van der Waals surface area (Å²) in [6.45, 7) is 5.64. The van der Waals surface area contributed by atoms with Crippen LogP contribution in [-0.2, 0) is 4.79 Å². The van der Waals surface area contributed by atoms with Gasteiger partial charge in [-0.2, -0.15) is 0 Å². The molecular formula is C13H26N2O. The van der Waals surface area contributed by atoms with E-state index in [9.17, 15) is 4.79 Å². The first-order valence-corrected chi connectivity index (χ1v) is 6.74. The van der Waals surface area contributed by atoms with Crippen molar-refractivity contribution in [2.45, 2.75) is 58.4 Å². The highest BCUT2D eigenvalue weighted by molar-refractivity contribution is 5.78. The number of nitrogens with one attached hydrogen (secondary N) is 2. The topological polar surface area (TPSA) is 41.1 Å². The van der Waals surface area contributed by atoms with Gasteiger partial charge in [-0.3, -0.25) is 4.79 Å². The molecule has 0 aromatic heterocycles. The lowest BCUT2D eigenvalue weighted by Crippen LogP contribution is -2.43. The lowest BCUT2D eigenvalue weighted by Gasteiger charge is -2.28. The molecule has 2 N–H and O–H groups in total. The van der Waals surface area contributed by atoms with Crippen molar-refractivity contribution in [2.75, 3.05) is 13.1 Å². The van der Waals surface area contributed by atoms with Crippen molar-refractivity contribution in [1.82, 2.24) is 10.6 Å². The summed E-state index contributed by atoms with van der Waals surface area (Å²) in [6.07, 6.45) is 7.67. The molecule has 1 amide bonds. The van der Waals surface area contributed by atoms with Gasteiger partial charge >= 0.3 is 0 Å². The van der Waals surface area contributed by atoms with Crippen molar-refractivity contribution in [2.24, 2.45) is 5.92 Å². The van der Waals surface area contributed by atoms with Gasteiger partial charge < -0.3 is 10.6 Å². The predicted octanol–water partition coefficient (Wildman–Crippen LogP) is 2.07. The molecule has 0 aliphatic heterocycles. The zero-order chi connectivity index (χ0) is 11.8. The number of hydrogen-bond acceptors (Lipinski definition) is 2. The Morgan fingerprint density at radius 3 is 2.62 bits per heavy atom. The van der Waals surface area contributed by atoms with Gasteiger partial charge in [-0.05, 0) is 38.6 Å². The number of carbonyl (C=O) groups is 1. The Hall–Kier alpha value is -0.570. The van der Waals surface area contributed by atoms with Crippen LogP contribution in [0.25, 0.3) is 0 Å². The molecule has 0 aromatic rings. The summed E-state index contributed by atoms with van der Waals surface area (Å²) in [4.78, 5) is 11.6. The minimum atomic E-state index is 0.145. The maximum atomic E-state index is 11.6. The Kier molecular flexibility index (Phi) is 6.46. The maximum absolute atomic E-state index is 11.6. The first kappa shape index (κ1) is 13.5. The van der Waals surface area contributed by atoms with E-state index >= 15 is 0 Å². The summed E-state index contributed by atoms with van der Waals surface area (Å²) in [7, 11) is 0. The smallest absolute Gasteiger partial charge is 0.234 e. The fourth-order valence-electron chi connectivity index (χ4n) is 2.44. The second-order valence-electron chi connectivity index (χ2n) is 4.93. The van der Waals surface area contributed by atoms with Crippen molar-refractivity contribution in [3.63, 3.8) is 0 Å². The molecule has 16 heavy (non-hydrogen) atoms. The van der Waals surface area contributed by atoms with Gasteiger partial charge in [0, 0.05) is 6.04 Å². The minimum Gasteiger partial charge on any atom is -0.352 e. The highest BCUT2D eigenvalue weighted by Crippen LogP contribution is 2.26. The molecule has 0 spiro atoms. The van der Waals surface area contributed by atoms with E-state index in [1.165, 1.54) is 32.1 Å². The monoisotopic (exact) mass is 226 g/mol. The van der Waals surface area contributed by atoms with Crippen LogP contribution in [0.5, 0.6) is 0 Å². The van der Waals surface area contributed by atoms with E-state index in [-0.39, 0.29) is 5.91 Å². The zero-order valence-electron chi connectivity index (χ0n) is 10.7. The Morgan fingerprint density at radius 2 is 2.00 bits per heavy atom. The van der Waals surface area contributed by atoms with E-state index in [0.717, 1.165) is 13.0 Å². The highest BCUT2D eigenvalue weighted by atomic mass is 16.1. The molecular weight excluding hydrogens is 200 g/mol. The Morgan fingerprint density at radius 1 is 1.31 bits per heavy atom. The summed E-state index contributed by atoms with van der Waals surface area (Å²) in [5, 5.41) is 6.24. The van der Waals surface area contributed by atoms with Gasteiger partial charge in [-0.25, -0.2) is 0 Å². The zero-order valence-corrected chi connectivity index (χ0v) is 10.7. The molecule has 1 fully saturated rings. The summed E-state index contributed by atoms with van der Waals surface area (Å²) >= 11 is 0. The van der Waals surface area contributed by atoms with Crippen LogP contribution in [0.2, 0.25) is 0 Å². The average molecular weight is 226 g/mol. The van der Waals surface area contributed by atoms with Gasteiger partial charge in [0.1, 0.15) is 0 Å². The summed E-state index contributed by atoms with van der Waals surface area (Å²) < 4.78 is 0. The summed E-state index contributed by atoms with van der Waals surface area (Å²) in [6, 6.07) is 0.344. The lowest BCUT2D eigenvalue weighted by molar-refractivity contribution is -0.121. The van der Waals surface area contributed by atoms with Gasteiger partial charge in [0.15, 0.2) is 0 Å². The van der Waals surface area contributed by atoms with E-state index < -0.39 is 0 Å². The molecule has 0 heterocycles. The molecule has 1 rings (SSSR count). The third kappa shape index (κ3) is 4.97. The fourth-order valence-corrected chi connectivity index (χ4v) is 2.44. The van der Waals surface area contributed by atoms with Gasteiger partial charge in [0.2, 0.25) is 5.91 Å². The normalized spacial score (nSPS) is 19.4. The Bertz CT molecular complexity index is 200. The molecule has 3 heteroatoms. The predicted molar refractivity (Wildman–Crippen MR) is 67.3 cm³/mol. The Labute approximate surface area is 99.4 Å². The molecule has 1 aliphatic carbocycles. The van der Waals surface area contributed by atoms with Crippen molar-refractivity contribution in [3.05, 3.63) is 0 Å². The van der Waals surface area contributed by atoms with Gasteiger partial charge in [-0.15, -0.1) is 0 Å². The van der Waals surface area contributed by atoms with Crippen molar-refractivity contribution < 1.29 is 4.79 Å². The number of carbonyl (C=O) groups excluding carboxylic acids is 1. The molecule has 1 atom stereocenters. The van der Waals surface area contributed by atoms with Crippen LogP contribution >= 0.6 is 0 Å². The molecule has 0 bridgehead atoms. The van der Waals surface area contributed by atoms with Crippen molar-refractivity contribution in [1.29, 1.82) is 0 Å². The third-order valence-electron chi connectivity index (χ3n) is 3.46. The largest absolute Gasteiger partial charge is 0.352 e. The molecule has 0 saturated heterocycles. The van der Waals surface area contributed by atoms with Gasteiger partial charge in [0.25, 0.3) is 0 Å². The van der Waals surface area contributed by atoms with Crippen LogP contribution in [0.4, 0.5) is 0 Å². The first-order valence-electron chi connectivity index (χ1n) is 6.74. The van der Waals surface area contributed by atoms with Crippen molar-refractivity contribution in [3.8, 4) is 0 Å². The summed E-state index contributed by atoms with van der Waals surface area (Å²) in [5.41, 5.74) is 0. The van der Waals surface area contributed by atoms with Crippen LogP contribution in [-0.4, -0.2) is 25.0 Å². The maximum Gasteiger partial charge on any atom is 0.234 e. The molecule has 3 nitrogen and oxygen atoms in total. The average Bonchev–Trinajstić information content (AvgIpc) is 2.30. The molecule has 0 radical (unpaired) electrons. The quantitative estimate of drug-likeness (QED) is 0.681. The minimum absolute atomic E-state index is 0.145. The molecule has 1 saturated carbocycles. The third-order valence-corrected chi connectivity index (χ3v) is 3.46. The van der Waals surface area contributed by atoms with Crippen LogP contribution in [0.3, 0.4) is 0 Å². The highest BCUT2D eigenvalue weighted by Gasteiger charge is 2.20. The van der Waals surface area contributed by atoms with Crippen LogP contribution in [0, 0.1) is 5.92 Å². The SMILES string of the molecule is CCCNCC(=O)N[C@H](C)C1CCCCC1. The second-order valence-corrected chi connectivity index (χ2v) is 4.93. The van der Waals surface area contributed by atoms with E-state index in [0.29, 0.717) is 18.5 Å².